The van der Waals surface area contributed by atoms with Crippen molar-refractivity contribution >= 4 is 11.6 Å². The van der Waals surface area contributed by atoms with Gasteiger partial charge in [-0.3, -0.25) is 14.9 Å². The van der Waals surface area contributed by atoms with Gasteiger partial charge in [0.15, 0.2) is 0 Å². The minimum absolute atomic E-state index is 0.0809. The standard InChI is InChI=1S/C10H12N2O4/c1-2-5-11-10(14)8-6-7(12(15)16)3-4-9(8)13/h3-4,6,13H,2,5H2,1H3,(H,11,14). The van der Waals surface area contributed by atoms with Crippen LogP contribution in [-0.2, 0) is 0 Å². The highest BCUT2D eigenvalue weighted by Crippen LogP contribution is 2.22. The van der Waals surface area contributed by atoms with Gasteiger partial charge in [-0.05, 0) is 12.5 Å². The maximum Gasteiger partial charge on any atom is 0.270 e. The number of phenolic OH excluding ortho intramolecular Hbond substituents is 1. The number of aromatic hydroxyl groups is 1. The Morgan fingerprint density at radius 3 is 2.81 bits per heavy atom. The molecule has 0 spiro atoms. The van der Waals surface area contributed by atoms with Crippen molar-refractivity contribution < 1.29 is 14.8 Å². The van der Waals surface area contributed by atoms with Crippen LogP contribution in [0.4, 0.5) is 5.69 Å². The lowest BCUT2D eigenvalue weighted by Gasteiger charge is -2.05. The molecule has 0 fully saturated rings. The molecular formula is C10H12N2O4. The fourth-order valence-electron chi connectivity index (χ4n) is 1.15. The summed E-state index contributed by atoms with van der Waals surface area (Å²) in [5, 5.41) is 22.4. The first-order chi connectivity index (χ1) is 7.56. The van der Waals surface area contributed by atoms with Crippen molar-refractivity contribution in [3.63, 3.8) is 0 Å². The molecule has 0 aliphatic rings. The highest BCUT2D eigenvalue weighted by molar-refractivity contribution is 5.97. The lowest BCUT2D eigenvalue weighted by Crippen LogP contribution is -2.24. The molecule has 0 heterocycles. The lowest BCUT2D eigenvalue weighted by atomic mass is 10.1. The minimum Gasteiger partial charge on any atom is -0.507 e. The molecule has 0 aliphatic heterocycles. The maximum atomic E-state index is 11.5. The fraction of sp³-hybridized carbons (Fsp3) is 0.300. The van der Waals surface area contributed by atoms with Gasteiger partial charge in [-0.1, -0.05) is 6.92 Å². The Morgan fingerprint density at radius 1 is 1.56 bits per heavy atom. The molecule has 0 radical (unpaired) electrons. The monoisotopic (exact) mass is 224 g/mol. The van der Waals surface area contributed by atoms with Gasteiger partial charge in [0.25, 0.3) is 11.6 Å². The Morgan fingerprint density at radius 2 is 2.25 bits per heavy atom. The molecule has 0 atom stereocenters. The molecule has 1 aromatic rings. The van der Waals surface area contributed by atoms with Crippen LogP contribution < -0.4 is 5.32 Å². The number of nitro benzene ring substituents is 1. The van der Waals surface area contributed by atoms with Gasteiger partial charge in [0.05, 0.1) is 10.5 Å². The summed E-state index contributed by atoms with van der Waals surface area (Å²) in [5.41, 5.74) is -0.304. The fourth-order valence-corrected chi connectivity index (χ4v) is 1.15. The van der Waals surface area contributed by atoms with Gasteiger partial charge in [-0.15, -0.1) is 0 Å². The third kappa shape index (κ3) is 2.69. The summed E-state index contributed by atoms with van der Waals surface area (Å²) in [5.74, 6) is -0.776. The summed E-state index contributed by atoms with van der Waals surface area (Å²) in [6.07, 6.45) is 0.751. The Hall–Kier alpha value is -2.11. The van der Waals surface area contributed by atoms with E-state index in [1.54, 1.807) is 0 Å². The van der Waals surface area contributed by atoms with E-state index in [0.717, 1.165) is 24.6 Å². The van der Waals surface area contributed by atoms with Gasteiger partial charge in [0.1, 0.15) is 5.75 Å². The van der Waals surface area contributed by atoms with Crippen molar-refractivity contribution in [2.75, 3.05) is 6.54 Å². The Balaban J connectivity index is 2.97. The van der Waals surface area contributed by atoms with Gasteiger partial charge in [0.2, 0.25) is 0 Å². The summed E-state index contributed by atoms with van der Waals surface area (Å²) in [7, 11) is 0. The first kappa shape index (κ1) is 12.0. The van der Waals surface area contributed by atoms with Crippen molar-refractivity contribution in [1.29, 1.82) is 0 Å². The number of hydrogen-bond donors (Lipinski definition) is 2. The number of rotatable bonds is 4. The van der Waals surface area contributed by atoms with Crippen LogP contribution in [0.3, 0.4) is 0 Å². The number of nitrogens with zero attached hydrogens (tertiary/aromatic N) is 1. The van der Waals surface area contributed by atoms with E-state index < -0.39 is 10.8 Å². The molecule has 0 saturated carbocycles. The SMILES string of the molecule is CCCNC(=O)c1cc([N+](=O)[O-])ccc1O. The zero-order chi connectivity index (χ0) is 12.1. The van der Waals surface area contributed by atoms with E-state index in [-0.39, 0.29) is 17.0 Å². The molecule has 2 N–H and O–H groups in total. The second-order valence-electron chi connectivity index (χ2n) is 3.21. The van der Waals surface area contributed by atoms with Crippen LogP contribution in [-0.4, -0.2) is 22.5 Å². The van der Waals surface area contributed by atoms with Crippen LogP contribution in [0, 0.1) is 10.1 Å². The zero-order valence-electron chi connectivity index (χ0n) is 8.77. The number of amides is 1. The van der Waals surface area contributed by atoms with E-state index in [4.69, 9.17) is 0 Å². The van der Waals surface area contributed by atoms with Crippen LogP contribution in [0.15, 0.2) is 18.2 Å². The minimum atomic E-state index is -0.615. The van der Waals surface area contributed by atoms with Crippen LogP contribution in [0.1, 0.15) is 23.7 Å². The summed E-state index contributed by atoms with van der Waals surface area (Å²) in [6.45, 7) is 2.34. The summed E-state index contributed by atoms with van der Waals surface area (Å²) < 4.78 is 0. The Labute approximate surface area is 92.0 Å². The number of nitrogens with one attached hydrogen (secondary N) is 1. The second kappa shape index (κ2) is 5.11. The Kier molecular flexibility index (Phi) is 3.82. The number of carbonyl (C=O) groups is 1. The Bertz CT molecular complexity index is 417. The molecule has 86 valence electrons. The lowest BCUT2D eigenvalue weighted by molar-refractivity contribution is -0.384. The predicted octanol–water partition coefficient (Wildman–Crippen LogP) is 1.44. The largest absolute Gasteiger partial charge is 0.507 e. The third-order valence-corrected chi connectivity index (χ3v) is 1.97. The predicted molar refractivity (Wildman–Crippen MR) is 57.4 cm³/mol. The highest BCUT2D eigenvalue weighted by Gasteiger charge is 2.15. The van der Waals surface area contributed by atoms with E-state index in [1.807, 2.05) is 6.92 Å². The van der Waals surface area contributed by atoms with E-state index in [1.165, 1.54) is 0 Å². The van der Waals surface area contributed by atoms with Crippen LogP contribution in [0.25, 0.3) is 0 Å². The molecule has 0 aromatic heterocycles. The third-order valence-electron chi connectivity index (χ3n) is 1.97. The van der Waals surface area contributed by atoms with Crippen molar-refractivity contribution in [3.8, 4) is 5.75 Å². The van der Waals surface area contributed by atoms with Gasteiger partial charge >= 0.3 is 0 Å². The van der Waals surface area contributed by atoms with Crippen molar-refractivity contribution in [1.82, 2.24) is 5.32 Å². The second-order valence-corrected chi connectivity index (χ2v) is 3.21. The molecule has 0 unspecified atom stereocenters. The van der Waals surface area contributed by atoms with Gasteiger partial charge in [0, 0.05) is 18.7 Å². The summed E-state index contributed by atoms with van der Waals surface area (Å²) in [6, 6.07) is 3.34. The van der Waals surface area contributed by atoms with Crippen molar-refractivity contribution in [2.24, 2.45) is 0 Å². The average molecular weight is 224 g/mol. The van der Waals surface area contributed by atoms with Crippen molar-refractivity contribution in [2.45, 2.75) is 13.3 Å². The number of nitro groups is 1. The molecule has 16 heavy (non-hydrogen) atoms. The number of carbonyl (C=O) groups excluding carboxylic acids is 1. The highest BCUT2D eigenvalue weighted by atomic mass is 16.6. The van der Waals surface area contributed by atoms with Crippen LogP contribution in [0.5, 0.6) is 5.75 Å². The molecule has 1 rings (SSSR count). The smallest absolute Gasteiger partial charge is 0.270 e. The molecule has 6 nitrogen and oxygen atoms in total. The molecule has 0 bridgehead atoms. The van der Waals surface area contributed by atoms with E-state index in [2.05, 4.69) is 5.32 Å². The van der Waals surface area contributed by atoms with Gasteiger partial charge < -0.3 is 10.4 Å². The van der Waals surface area contributed by atoms with Gasteiger partial charge in [-0.2, -0.15) is 0 Å². The molecule has 0 saturated heterocycles. The van der Waals surface area contributed by atoms with E-state index in [0.29, 0.717) is 6.54 Å². The molecular weight excluding hydrogens is 212 g/mol. The number of non-ortho nitro benzene ring substituents is 1. The first-order valence-electron chi connectivity index (χ1n) is 4.82. The van der Waals surface area contributed by atoms with Gasteiger partial charge in [-0.25, -0.2) is 0 Å². The molecule has 0 aliphatic carbocycles. The van der Waals surface area contributed by atoms with E-state index >= 15 is 0 Å². The number of hydrogen-bond acceptors (Lipinski definition) is 4. The molecule has 6 heteroatoms. The quantitative estimate of drug-likeness (QED) is 0.597. The number of benzene rings is 1. The molecule has 1 amide bonds. The van der Waals surface area contributed by atoms with E-state index in [9.17, 15) is 20.0 Å². The normalized spacial score (nSPS) is 9.81. The zero-order valence-corrected chi connectivity index (χ0v) is 8.77. The number of phenols is 1. The van der Waals surface area contributed by atoms with Crippen LogP contribution >= 0.6 is 0 Å². The summed E-state index contributed by atoms with van der Waals surface area (Å²) >= 11 is 0. The first-order valence-corrected chi connectivity index (χ1v) is 4.82. The van der Waals surface area contributed by atoms with Crippen LogP contribution in [0.2, 0.25) is 0 Å². The summed E-state index contributed by atoms with van der Waals surface area (Å²) in [4.78, 5) is 21.4. The maximum absolute atomic E-state index is 11.5. The topological polar surface area (TPSA) is 92.5 Å². The average Bonchev–Trinajstić information content (AvgIpc) is 2.26. The molecule has 1 aromatic carbocycles. The van der Waals surface area contributed by atoms with Crippen molar-refractivity contribution in [3.05, 3.63) is 33.9 Å².